The van der Waals surface area contributed by atoms with E-state index in [2.05, 4.69) is 17.1 Å². The summed E-state index contributed by atoms with van der Waals surface area (Å²) in [5.41, 5.74) is 0. The van der Waals surface area contributed by atoms with Crippen LogP contribution >= 0.6 is 0 Å². The van der Waals surface area contributed by atoms with Crippen molar-refractivity contribution in [3.05, 3.63) is 0 Å². The van der Waals surface area contributed by atoms with Crippen molar-refractivity contribution < 1.29 is 4.79 Å². The number of carbonyl (C=O) groups is 1. The summed E-state index contributed by atoms with van der Waals surface area (Å²) in [5, 5.41) is 3.31. The first-order valence-corrected chi connectivity index (χ1v) is 6.28. The summed E-state index contributed by atoms with van der Waals surface area (Å²) in [6.45, 7) is 6.32. The zero-order valence-electron chi connectivity index (χ0n) is 9.87. The van der Waals surface area contributed by atoms with Crippen LogP contribution in [0.15, 0.2) is 0 Å². The average molecular weight is 212 g/mol. The van der Waals surface area contributed by atoms with Crippen molar-refractivity contribution in [2.45, 2.75) is 45.1 Å². The molecule has 1 aliphatic rings. The Balaban J connectivity index is 2.18. The lowest BCUT2D eigenvalue weighted by Gasteiger charge is -2.31. The Labute approximate surface area is 93.2 Å². The molecule has 1 aliphatic heterocycles. The molecule has 0 amide bonds. The van der Waals surface area contributed by atoms with Crippen LogP contribution < -0.4 is 5.32 Å². The van der Waals surface area contributed by atoms with Gasteiger partial charge in [0, 0.05) is 26.2 Å². The molecular weight excluding hydrogens is 188 g/mol. The number of hydrogen-bond donors (Lipinski definition) is 1. The molecule has 0 radical (unpaired) electrons. The number of piperazine rings is 1. The molecule has 1 fully saturated rings. The van der Waals surface area contributed by atoms with Crippen molar-refractivity contribution in [1.29, 1.82) is 0 Å². The van der Waals surface area contributed by atoms with Crippen molar-refractivity contribution in [1.82, 2.24) is 10.2 Å². The van der Waals surface area contributed by atoms with Crippen LogP contribution in [0, 0.1) is 0 Å². The number of carbonyl (C=O) groups excluding carboxylic acids is 1. The van der Waals surface area contributed by atoms with Gasteiger partial charge < -0.3 is 10.1 Å². The molecule has 0 aromatic heterocycles. The van der Waals surface area contributed by atoms with Crippen LogP contribution in [-0.2, 0) is 4.79 Å². The topological polar surface area (TPSA) is 32.3 Å². The summed E-state index contributed by atoms with van der Waals surface area (Å²) in [7, 11) is 0. The summed E-state index contributed by atoms with van der Waals surface area (Å²) in [5.74, 6) is 0. The largest absolute Gasteiger partial charge is 0.314 e. The average Bonchev–Trinajstić information content (AvgIpc) is 2.30. The van der Waals surface area contributed by atoms with E-state index in [4.69, 9.17) is 0 Å². The Morgan fingerprint density at radius 1 is 1.27 bits per heavy atom. The second-order valence-electron chi connectivity index (χ2n) is 4.34. The molecule has 1 rings (SSSR count). The molecule has 3 heteroatoms. The maximum atomic E-state index is 11.0. The van der Waals surface area contributed by atoms with E-state index in [-0.39, 0.29) is 6.04 Å². The van der Waals surface area contributed by atoms with Gasteiger partial charge in [-0.15, -0.1) is 0 Å². The molecule has 0 saturated carbocycles. The Morgan fingerprint density at radius 3 is 2.60 bits per heavy atom. The van der Waals surface area contributed by atoms with Crippen LogP contribution in [0.3, 0.4) is 0 Å². The van der Waals surface area contributed by atoms with Crippen molar-refractivity contribution in [3.63, 3.8) is 0 Å². The molecule has 1 N–H and O–H groups in total. The number of rotatable bonds is 7. The minimum Gasteiger partial charge on any atom is -0.314 e. The summed E-state index contributed by atoms with van der Waals surface area (Å²) in [6.07, 6.45) is 7.21. The number of nitrogens with zero attached hydrogens (tertiary/aromatic N) is 1. The summed E-state index contributed by atoms with van der Waals surface area (Å²) >= 11 is 0. The van der Waals surface area contributed by atoms with Gasteiger partial charge in [-0.1, -0.05) is 32.6 Å². The first kappa shape index (κ1) is 12.7. The number of aldehydes is 1. The van der Waals surface area contributed by atoms with Crippen molar-refractivity contribution in [3.8, 4) is 0 Å². The first-order valence-electron chi connectivity index (χ1n) is 6.28. The van der Waals surface area contributed by atoms with Crippen LogP contribution in [0.1, 0.15) is 39.0 Å². The van der Waals surface area contributed by atoms with Crippen molar-refractivity contribution in [2.75, 3.05) is 26.2 Å². The van der Waals surface area contributed by atoms with Crippen molar-refractivity contribution >= 4 is 6.29 Å². The predicted molar refractivity (Wildman–Crippen MR) is 63.1 cm³/mol. The number of unbranched alkanes of at least 4 members (excludes halogenated alkanes) is 3. The van der Waals surface area contributed by atoms with E-state index in [0.29, 0.717) is 0 Å². The van der Waals surface area contributed by atoms with Crippen molar-refractivity contribution in [2.24, 2.45) is 0 Å². The number of hydrogen-bond acceptors (Lipinski definition) is 3. The summed E-state index contributed by atoms with van der Waals surface area (Å²) < 4.78 is 0. The quantitative estimate of drug-likeness (QED) is 0.512. The van der Waals surface area contributed by atoms with Crippen LogP contribution in [0.2, 0.25) is 0 Å². The van der Waals surface area contributed by atoms with E-state index < -0.39 is 0 Å². The highest BCUT2D eigenvalue weighted by atomic mass is 16.1. The normalized spacial score (nSPS) is 20.1. The SMILES string of the molecule is CCCCCCC(C=O)N1CCNCC1. The molecule has 0 aromatic rings. The van der Waals surface area contributed by atoms with Gasteiger partial charge in [-0.2, -0.15) is 0 Å². The fourth-order valence-corrected chi connectivity index (χ4v) is 2.13. The van der Waals surface area contributed by atoms with E-state index in [9.17, 15) is 4.79 Å². The van der Waals surface area contributed by atoms with E-state index in [1.165, 1.54) is 25.7 Å². The van der Waals surface area contributed by atoms with E-state index in [1.807, 2.05) is 0 Å². The monoisotopic (exact) mass is 212 g/mol. The van der Waals surface area contributed by atoms with Gasteiger partial charge in [0.05, 0.1) is 6.04 Å². The molecule has 1 atom stereocenters. The minimum atomic E-state index is 0.170. The molecule has 1 heterocycles. The smallest absolute Gasteiger partial charge is 0.137 e. The standard InChI is InChI=1S/C12H24N2O/c1-2-3-4-5-6-12(11-15)14-9-7-13-8-10-14/h11-13H,2-10H2,1H3. The lowest BCUT2D eigenvalue weighted by Crippen LogP contribution is -2.49. The molecule has 3 nitrogen and oxygen atoms in total. The van der Waals surface area contributed by atoms with Gasteiger partial charge in [-0.25, -0.2) is 0 Å². The third kappa shape index (κ3) is 4.76. The van der Waals surface area contributed by atoms with Gasteiger partial charge in [0.1, 0.15) is 6.29 Å². The van der Waals surface area contributed by atoms with Crippen LogP contribution in [0.4, 0.5) is 0 Å². The second-order valence-corrected chi connectivity index (χ2v) is 4.34. The highest BCUT2D eigenvalue weighted by Gasteiger charge is 2.18. The minimum absolute atomic E-state index is 0.170. The molecule has 0 aliphatic carbocycles. The van der Waals surface area contributed by atoms with Gasteiger partial charge in [0.15, 0.2) is 0 Å². The third-order valence-electron chi connectivity index (χ3n) is 3.13. The lowest BCUT2D eigenvalue weighted by molar-refractivity contribution is -0.112. The third-order valence-corrected chi connectivity index (χ3v) is 3.13. The zero-order valence-corrected chi connectivity index (χ0v) is 9.87. The Bertz CT molecular complexity index is 167. The Kier molecular flexibility index (Phi) is 6.60. The maximum Gasteiger partial charge on any atom is 0.137 e. The summed E-state index contributed by atoms with van der Waals surface area (Å²) in [6, 6.07) is 0.170. The van der Waals surface area contributed by atoms with E-state index in [1.54, 1.807) is 0 Å². The van der Waals surface area contributed by atoms with Crippen LogP contribution in [0.25, 0.3) is 0 Å². The fourth-order valence-electron chi connectivity index (χ4n) is 2.13. The zero-order chi connectivity index (χ0) is 10.9. The molecule has 0 spiro atoms. The summed E-state index contributed by atoms with van der Waals surface area (Å²) in [4.78, 5) is 13.3. The molecule has 0 aromatic carbocycles. The Morgan fingerprint density at radius 2 is 2.00 bits per heavy atom. The predicted octanol–water partition coefficient (Wildman–Crippen LogP) is 1.43. The lowest BCUT2D eigenvalue weighted by atomic mass is 10.1. The van der Waals surface area contributed by atoms with Gasteiger partial charge in [-0.05, 0) is 6.42 Å². The Hall–Kier alpha value is -0.410. The van der Waals surface area contributed by atoms with Crippen LogP contribution in [-0.4, -0.2) is 43.4 Å². The molecular formula is C12H24N2O. The van der Waals surface area contributed by atoms with Gasteiger partial charge in [-0.3, -0.25) is 4.90 Å². The highest BCUT2D eigenvalue weighted by molar-refractivity contribution is 5.57. The molecule has 15 heavy (non-hydrogen) atoms. The number of nitrogens with one attached hydrogen (secondary N) is 1. The fraction of sp³-hybridized carbons (Fsp3) is 0.917. The van der Waals surface area contributed by atoms with Crippen LogP contribution in [0.5, 0.6) is 0 Å². The molecule has 0 bridgehead atoms. The highest BCUT2D eigenvalue weighted by Crippen LogP contribution is 2.10. The van der Waals surface area contributed by atoms with Gasteiger partial charge in [0.25, 0.3) is 0 Å². The van der Waals surface area contributed by atoms with E-state index >= 15 is 0 Å². The van der Waals surface area contributed by atoms with Gasteiger partial charge in [0.2, 0.25) is 0 Å². The van der Waals surface area contributed by atoms with Gasteiger partial charge >= 0.3 is 0 Å². The molecule has 88 valence electrons. The molecule has 1 unspecified atom stereocenters. The maximum absolute atomic E-state index is 11.0. The van der Waals surface area contributed by atoms with E-state index in [0.717, 1.165) is 38.9 Å². The first-order chi connectivity index (χ1) is 7.38. The second kappa shape index (κ2) is 7.83. The molecule has 1 saturated heterocycles.